The number of aryl methyl sites for hydroxylation is 1. The van der Waals surface area contributed by atoms with Crippen molar-refractivity contribution >= 4 is 11.6 Å². The molecular formula is C22H34ClNO. The summed E-state index contributed by atoms with van der Waals surface area (Å²) in [5, 5.41) is 0.831. The number of hydrogen-bond acceptors (Lipinski definition) is 2. The third-order valence-electron chi connectivity index (χ3n) is 5.64. The molecule has 0 saturated carbocycles. The van der Waals surface area contributed by atoms with Gasteiger partial charge in [0.15, 0.2) is 0 Å². The summed E-state index contributed by atoms with van der Waals surface area (Å²) in [6, 6.07) is 6.37. The third-order valence-corrected chi connectivity index (χ3v) is 5.87. The number of rotatable bonds is 6. The molecule has 0 bridgehead atoms. The lowest BCUT2D eigenvalue weighted by atomic mass is 9.91. The minimum absolute atomic E-state index is 0.380. The molecule has 1 aromatic carbocycles. The van der Waals surface area contributed by atoms with Crippen molar-refractivity contribution in [1.82, 2.24) is 4.90 Å². The third kappa shape index (κ3) is 5.17. The molecular weight excluding hydrogens is 330 g/mol. The lowest BCUT2D eigenvalue weighted by molar-refractivity contribution is 0.196. The molecule has 1 aliphatic rings. The maximum Gasteiger partial charge on any atom is 0.112 e. The average molecular weight is 364 g/mol. The fraction of sp³-hybridized carbons (Fsp3) is 0.636. The monoisotopic (exact) mass is 363 g/mol. The molecule has 3 heteroatoms. The highest BCUT2D eigenvalue weighted by Crippen LogP contribution is 2.31. The van der Waals surface area contributed by atoms with Gasteiger partial charge in [-0.3, -0.25) is 0 Å². The maximum absolute atomic E-state index is 6.25. The summed E-state index contributed by atoms with van der Waals surface area (Å²) in [6.07, 6.45) is 2.20. The van der Waals surface area contributed by atoms with Gasteiger partial charge in [0, 0.05) is 29.7 Å². The lowest BCUT2D eigenvalue weighted by Gasteiger charge is -2.31. The highest BCUT2D eigenvalue weighted by atomic mass is 35.5. The summed E-state index contributed by atoms with van der Waals surface area (Å²) >= 11 is 6.25. The van der Waals surface area contributed by atoms with Gasteiger partial charge in [-0.15, -0.1) is 0 Å². The zero-order valence-electron chi connectivity index (χ0n) is 16.7. The Hall–Kier alpha value is -1.15. The van der Waals surface area contributed by atoms with Gasteiger partial charge in [0.05, 0.1) is 6.61 Å². The second-order valence-electron chi connectivity index (χ2n) is 7.87. The first-order chi connectivity index (χ1) is 11.8. The van der Waals surface area contributed by atoms with E-state index in [9.17, 15) is 0 Å². The highest BCUT2D eigenvalue weighted by molar-refractivity contribution is 6.30. The Kier molecular flexibility index (Phi) is 7.25. The van der Waals surface area contributed by atoms with Crippen LogP contribution in [0.5, 0.6) is 0 Å². The van der Waals surface area contributed by atoms with E-state index in [4.69, 9.17) is 16.3 Å². The van der Waals surface area contributed by atoms with Crippen LogP contribution in [-0.2, 0) is 11.2 Å². The molecule has 1 heterocycles. The molecule has 2 nitrogen and oxygen atoms in total. The van der Waals surface area contributed by atoms with Crippen molar-refractivity contribution < 1.29 is 4.74 Å². The Morgan fingerprint density at radius 2 is 1.96 bits per heavy atom. The van der Waals surface area contributed by atoms with Crippen molar-refractivity contribution in [3.05, 3.63) is 45.8 Å². The van der Waals surface area contributed by atoms with E-state index >= 15 is 0 Å². The molecule has 0 radical (unpaired) electrons. The van der Waals surface area contributed by atoms with Crippen LogP contribution in [0.25, 0.3) is 0 Å². The zero-order valence-corrected chi connectivity index (χ0v) is 17.5. The van der Waals surface area contributed by atoms with Crippen molar-refractivity contribution in [1.29, 1.82) is 0 Å². The first-order valence-corrected chi connectivity index (χ1v) is 10.0. The number of hydrogen-bond donors (Lipinski definition) is 0. The second kappa shape index (κ2) is 8.98. The summed E-state index contributed by atoms with van der Waals surface area (Å²) in [7, 11) is 0. The molecule has 2 atom stereocenters. The summed E-state index contributed by atoms with van der Waals surface area (Å²) in [5.41, 5.74) is 4.05. The van der Waals surface area contributed by atoms with Gasteiger partial charge in [-0.05, 0) is 55.4 Å². The summed E-state index contributed by atoms with van der Waals surface area (Å²) in [4.78, 5) is 2.53. The molecule has 1 aliphatic heterocycles. The van der Waals surface area contributed by atoms with Crippen molar-refractivity contribution in [2.45, 2.75) is 60.3 Å². The molecule has 1 aromatic rings. The quantitative estimate of drug-likeness (QED) is 0.592. The van der Waals surface area contributed by atoms with Gasteiger partial charge in [0.1, 0.15) is 5.76 Å². The van der Waals surface area contributed by atoms with Crippen LogP contribution in [0.2, 0.25) is 5.02 Å². The summed E-state index contributed by atoms with van der Waals surface area (Å²) < 4.78 is 6.12. The Morgan fingerprint density at radius 1 is 1.24 bits per heavy atom. The first-order valence-electron chi connectivity index (χ1n) is 9.67. The fourth-order valence-electron chi connectivity index (χ4n) is 3.42. The van der Waals surface area contributed by atoms with Crippen LogP contribution in [0, 0.1) is 11.8 Å². The van der Waals surface area contributed by atoms with E-state index in [0.29, 0.717) is 17.8 Å². The Labute approximate surface area is 159 Å². The molecule has 2 rings (SSSR count). The normalized spacial score (nSPS) is 19.8. The fourth-order valence-corrected chi connectivity index (χ4v) is 3.62. The molecule has 2 unspecified atom stereocenters. The van der Waals surface area contributed by atoms with Crippen LogP contribution in [0.4, 0.5) is 0 Å². The largest absolute Gasteiger partial charge is 0.496 e. The van der Waals surface area contributed by atoms with Gasteiger partial charge in [-0.2, -0.15) is 0 Å². The van der Waals surface area contributed by atoms with Gasteiger partial charge in [-0.25, -0.2) is 0 Å². The van der Waals surface area contributed by atoms with E-state index in [-0.39, 0.29) is 0 Å². The molecule has 0 aromatic heterocycles. The predicted molar refractivity (Wildman–Crippen MR) is 108 cm³/mol. The smallest absolute Gasteiger partial charge is 0.112 e. The first kappa shape index (κ1) is 20.2. The van der Waals surface area contributed by atoms with Crippen LogP contribution in [-0.4, -0.2) is 24.6 Å². The average Bonchev–Trinajstić information content (AvgIpc) is 2.69. The molecule has 0 N–H and O–H groups in total. The predicted octanol–water partition coefficient (Wildman–Crippen LogP) is 6.25. The van der Waals surface area contributed by atoms with E-state index in [1.807, 2.05) is 6.07 Å². The van der Waals surface area contributed by atoms with Gasteiger partial charge >= 0.3 is 0 Å². The zero-order chi connectivity index (χ0) is 18.6. The van der Waals surface area contributed by atoms with Crippen LogP contribution in [0.1, 0.15) is 65.0 Å². The number of nitrogens with zero attached hydrogens (tertiary/aromatic N) is 1. The van der Waals surface area contributed by atoms with E-state index in [1.54, 1.807) is 0 Å². The van der Waals surface area contributed by atoms with Crippen LogP contribution < -0.4 is 0 Å². The van der Waals surface area contributed by atoms with E-state index < -0.39 is 0 Å². The Bertz CT molecular complexity index is 608. The molecule has 0 amide bonds. The molecule has 140 valence electrons. The van der Waals surface area contributed by atoms with E-state index in [0.717, 1.165) is 43.3 Å². The minimum Gasteiger partial charge on any atom is -0.496 e. The van der Waals surface area contributed by atoms with Gasteiger partial charge < -0.3 is 9.64 Å². The molecule has 0 fully saturated rings. The van der Waals surface area contributed by atoms with Crippen LogP contribution in [0.15, 0.2) is 29.7 Å². The standard InChI is InChI=1S/C22H34ClNO/c1-7-8-19-11-21(23)9-10-22(19)20-13-24(12-16(4)15(2)3)17(5)18(6)25-14-20/h9-11,15-16,20H,7-8,12-14H2,1-6H3. The summed E-state index contributed by atoms with van der Waals surface area (Å²) in [6.45, 7) is 16.3. The van der Waals surface area contributed by atoms with Gasteiger partial charge in [0.25, 0.3) is 0 Å². The van der Waals surface area contributed by atoms with E-state index in [2.05, 4.69) is 58.6 Å². The number of benzene rings is 1. The minimum atomic E-state index is 0.380. The summed E-state index contributed by atoms with van der Waals surface area (Å²) in [5.74, 6) is 2.78. The number of ether oxygens (including phenoxy) is 1. The van der Waals surface area contributed by atoms with Crippen molar-refractivity contribution in [2.24, 2.45) is 11.8 Å². The molecule has 0 saturated heterocycles. The molecule has 0 aliphatic carbocycles. The van der Waals surface area contributed by atoms with Gasteiger partial charge in [0.2, 0.25) is 0 Å². The Balaban J connectivity index is 2.28. The number of halogens is 1. The lowest BCUT2D eigenvalue weighted by Crippen LogP contribution is -2.33. The Morgan fingerprint density at radius 3 is 2.60 bits per heavy atom. The van der Waals surface area contributed by atoms with Crippen molar-refractivity contribution in [3.63, 3.8) is 0 Å². The topological polar surface area (TPSA) is 12.5 Å². The van der Waals surface area contributed by atoms with Crippen LogP contribution >= 0.6 is 11.6 Å². The molecule has 25 heavy (non-hydrogen) atoms. The second-order valence-corrected chi connectivity index (χ2v) is 8.31. The van der Waals surface area contributed by atoms with Crippen molar-refractivity contribution in [3.8, 4) is 0 Å². The highest BCUT2D eigenvalue weighted by Gasteiger charge is 2.26. The maximum atomic E-state index is 6.25. The van der Waals surface area contributed by atoms with E-state index in [1.165, 1.54) is 16.8 Å². The van der Waals surface area contributed by atoms with Gasteiger partial charge in [-0.1, -0.05) is 51.8 Å². The number of allylic oxidation sites excluding steroid dienone is 2. The molecule has 0 spiro atoms. The SMILES string of the molecule is CCCc1cc(Cl)ccc1C1COC(C)=C(C)N(CC(C)C(C)C)C1. The van der Waals surface area contributed by atoms with Crippen molar-refractivity contribution in [2.75, 3.05) is 19.7 Å². The van der Waals surface area contributed by atoms with Crippen LogP contribution in [0.3, 0.4) is 0 Å².